The Morgan fingerprint density at radius 1 is 1.11 bits per heavy atom. The highest BCUT2D eigenvalue weighted by Crippen LogP contribution is 2.55. The molecule has 4 rings (SSSR count). The van der Waals surface area contributed by atoms with Crippen LogP contribution in [0, 0.1) is 17.6 Å². The summed E-state index contributed by atoms with van der Waals surface area (Å²) in [5, 5.41) is 10.9. The van der Waals surface area contributed by atoms with Gasteiger partial charge in [0.2, 0.25) is 11.7 Å². The number of halogens is 5. The summed E-state index contributed by atoms with van der Waals surface area (Å²) >= 11 is 0. The topological polar surface area (TPSA) is 131 Å². The zero-order valence-electron chi connectivity index (χ0n) is 24.4. The summed E-state index contributed by atoms with van der Waals surface area (Å²) in [6, 6.07) is 4.24. The normalized spacial score (nSPS) is 25.3. The molecule has 2 aliphatic heterocycles. The van der Waals surface area contributed by atoms with E-state index in [0.717, 1.165) is 39.0 Å². The van der Waals surface area contributed by atoms with Crippen LogP contribution in [0.5, 0.6) is 5.75 Å². The number of benzene rings is 1. The molecule has 44 heavy (non-hydrogen) atoms. The second-order valence-electron chi connectivity index (χ2n) is 10.9. The fourth-order valence-electron chi connectivity index (χ4n) is 5.41. The summed E-state index contributed by atoms with van der Waals surface area (Å²) in [4.78, 5) is 43.2. The third-order valence-corrected chi connectivity index (χ3v) is 8.01. The zero-order valence-corrected chi connectivity index (χ0v) is 24.4. The van der Waals surface area contributed by atoms with Gasteiger partial charge in [0, 0.05) is 48.7 Å². The molecule has 3 heterocycles. The molecule has 240 valence electrons. The van der Waals surface area contributed by atoms with Crippen LogP contribution >= 0.6 is 0 Å². The van der Waals surface area contributed by atoms with Crippen molar-refractivity contribution in [2.24, 2.45) is 5.92 Å². The number of amides is 3. The van der Waals surface area contributed by atoms with Crippen LogP contribution in [0.25, 0.3) is 0 Å². The first-order valence-corrected chi connectivity index (χ1v) is 14.1. The monoisotopic (exact) mass is 627 g/mol. The molecule has 1 saturated heterocycles. The first-order chi connectivity index (χ1) is 20.8. The van der Waals surface area contributed by atoms with Gasteiger partial charge < -0.3 is 30.7 Å². The Balaban J connectivity index is 1.70. The maximum Gasteiger partial charge on any atom is 0.417 e. The van der Waals surface area contributed by atoms with Crippen LogP contribution in [0.2, 0.25) is 0 Å². The molecule has 0 spiro atoms. The van der Waals surface area contributed by atoms with Crippen molar-refractivity contribution in [3.05, 3.63) is 47.2 Å². The van der Waals surface area contributed by atoms with Crippen molar-refractivity contribution in [3.63, 3.8) is 0 Å². The van der Waals surface area contributed by atoms with Gasteiger partial charge in [0.05, 0.1) is 7.11 Å². The third kappa shape index (κ3) is 6.93. The van der Waals surface area contributed by atoms with Gasteiger partial charge in [-0.3, -0.25) is 14.4 Å². The minimum absolute atomic E-state index is 0.0687. The van der Waals surface area contributed by atoms with E-state index in [-0.39, 0.29) is 29.2 Å². The lowest BCUT2D eigenvalue weighted by atomic mass is 9.77. The van der Waals surface area contributed by atoms with Gasteiger partial charge in [-0.15, -0.1) is 0 Å². The smallest absolute Gasteiger partial charge is 0.417 e. The van der Waals surface area contributed by atoms with E-state index in [4.69, 9.17) is 9.47 Å². The molecule has 0 saturated carbocycles. The summed E-state index contributed by atoms with van der Waals surface area (Å²) in [7, 11) is 1.03. The molecule has 1 aromatic carbocycles. The number of methoxy groups -OCH3 is 1. The summed E-state index contributed by atoms with van der Waals surface area (Å²) < 4.78 is 81.9. The van der Waals surface area contributed by atoms with Gasteiger partial charge in [0.15, 0.2) is 17.2 Å². The third-order valence-electron chi connectivity index (χ3n) is 8.01. The van der Waals surface area contributed by atoms with Crippen LogP contribution in [0.3, 0.4) is 0 Å². The number of carbonyl (C=O) groups is 3. The highest BCUT2D eigenvalue weighted by Gasteiger charge is 2.66. The molecule has 0 unspecified atom stereocenters. The van der Waals surface area contributed by atoms with E-state index < -0.39 is 64.8 Å². The Morgan fingerprint density at radius 3 is 2.55 bits per heavy atom. The average molecular weight is 628 g/mol. The number of hydrogen-bond acceptors (Lipinski definition) is 7. The number of nitrogens with zero attached hydrogens (tertiary/aromatic N) is 1. The van der Waals surface area contributed by atoms with Crippen LogP contribution in [0.1, 0.15) is 61.5 Å². The lowest BCUT2D eigenvalue weighted by Gasteiger charge is -2.32. The number of ether oxygens (including phenoxy) is 2. The highest BCUT2D eigenvalue weighted by molar-refractivity contribution is 5.99. The largest absolute Gasteiger partial charge is 0.493 e. The van der Waals surface area contributed by atoms with Gasteiger partial charge in [-0.1, -0.05) is 19.4 Å². The van der Waals surface area contributed by atoms with Crippen molar-refractivity contribution in [2.45, 2.75) is 63.3 Å². The molecule has 4 atom stereocenters. The predicted molar refractivity (Wildman–Crippen MR) is 149 cm³/mol. The van der Waals surface area contributed by atoms with Gasteiger partial charge in [-0.2, -0.15) is 17.6 Å². The molecule has 15 heteroatoms. The van der Waals surface area contributed by atoms with Gasteiger partial charge in [0.1, 0.15) is 17.6 Å². The van der Waals surface area contributed by atoms with E-state index in [1.165, 1.54) is 19.1 Å². The summed E-state index contributed by atoms with van der Waals surface area (Å²) in [5.41, 5.74) is -3.28. The summed E-state index contributed by atoms with van der Waals surface area (Å²) in [6.45, 7) is 3.42. The van der Waals surface area contributed by atoms with Gasteiger partial charge >= 0.3 is 6.18 Å². The molecule has 2 aliphatic rings. The van der Waals surface area contributed by atoms with Crippen molar-refractivity contribution in [2.75, 3.05) is 37.4 Å². The second kappa shape index (κ2) is 13.4. The zero-order chi connectivity index (χ0) is 32.2. The molecule has 1 aromatic heterocycles. The van der Waals surface area contributed by atoms with Gasteiger partial charge in [-0.05, 0) is 38.4 Å². The number of rotatable bonds is 4. The molecule has 0 aliphatic carbocycles. The van der Waals surface area contributed by atoms with Crippen molar-refractivity contribution in [1.82, 2.24) is 15.6 Å². The lowest BCUT2D eigenvalue weighted by Crippen LogP contribution is -2.47. The number of pyridine rings is 1. The van der Waals surface area contributed by atoms with Crippen LogP contribution < -0.4 is 26.0 Å². The van der Waals surface area contributed by atoms with Crippen LogP contribution in [0.15, 0.2) is 24.3 Å². The molecule has 1 fully saturated rings. The minimum Gasteiger partial charge on any atom is -0.493 e. The predicted octanol–water partition coefficient (Wildman–Crippen LogP) is 4.28. The quantitative estimate of drug-likeness (QED) is 0.373. The molecule has 10 nitrogen and oxygen atoms in total. The second-order valence-corrected chi connectivity index (χ2v) is 10.9. The number of anilines is 2. The number of alkyl halides is 3. The molecular weight excluding hydrogens is 593 g/mol. The van der Waals surface area contributed by atoms with E-state index >= 15 is 0 Å². The van der Waals surface area contributed by atoms with Crippen molar-refractivity contribution in [1.29, 1.82) is 0 Å². The Bertz CT molecular complexity index is 1410. The van der Waals surface area contributed by atoms with Crippen LogP contribution in [-0.4, -0.2) is 67.3 Å². The maximum absolute atomic E-state index is 14.7. The van der Waals surface area contributed by atoms with Crippen molar-refractivity contribution < 1.29 is 45.8 Å². The van der Waals surface area contributed by atoms with E-state index in [0.29, 0.717) is 26.1 Å². The van der Waals surface area contributed by atoms with E-state index in [2.05, 4.69) is 26.3 Å². The first kappa shape index (κ1) is 33.1. The Morgan fingerprint density at radius 2 is 1.84 bits per heavy atom. The fraction of sp³-hybridized carbons (Fsp3) is 0.517. The Kier molecular flexibility index (Phi) is 10.1. The van der Waals surface area contributed by atoms with Crippen LogP contribution in [0.4, 0.5) is 33.5 Å². The van der Waals surface area contributed by atoms with E-state index in [9.17, 15) is 36.3 Å². The van der Waals surface area contributed by atoms with Gasteiger partial charge in [0.25, 0.3) is 11.8 Å². The number of carbonyl (C=O) groups excluding carboxylic acids is 3. The number of hydrogen-bond donors (Lipinski definition) is 4. The molecule has 4 N–H and O–H groups in total. The minimum atomic E-state index is -4.94. The van der Waals surface area contributed by atoms with Crippen molar-refractivity contribution >= 4 is 29.2 Å². The van der Waals surface area contributed by atoms with Crippen molar-refractivity contribution in [3.8, 4) is 5.75 Å². The summed E-state index contributed by atoms with van der Waals surface area (Å²) in [5.74, 6) is -8.41. The molecule has 3 amide bonds. The van der Waals surface area contributed by atoms with E-state index in [1.54, 1.807) is 0 Å². The highest BCUT2D eigenvalue weighted by atomic mass is 19.4. The maximum atomic E-state index is 14.7. The Hall–Kier alpha value is -3.85. The Labute approximate surface area is 250 Å². The lowest BCUT2D eigenvalue weighted by molar-refractivity contribution is -0.272. The standard InChI is InChI=1S/C29H34F5N5O5/c1-15-22(17-7-8-18(30)23(31)24(17)43-3)25(44-28(15,2)29(32,33)34)27(42)37-16-13-19-26(41)36-11-6-4-5-10-35-12-9-21(40)39-20(14-16)38-19/h7-8,13-15,22,25,35H,4-6,9-12H2,1-3H3,(H,36,41)(H2,37,38,39,40,42)/t15-,22-,25+,28+/m0/s1. The number of nitrogens with one attached hydrogen (secondary N) is 4. The fourth-order valence-corrected chi connectivity index (χ4v) is 5.41. The molecule has 0 radical (unpaired) electrons. The van der Waals surface area contributed by atoms with Gasteiger partial charge in [-0.25, -0.2) is 9.37 Å². The summed E-state index contributed by atoms with van der Waals surface area (Å²) in [6.07, 6.45) is -4.33. The van der Waals surface area contributed by atoms with Crippen LogP contribution in [-0.2, 0) is 14.3 Å². The number of fused-ring (bicyclic) bond motifs is 2. The molecule has 2 aromatic rings. The average Bonchev–Trinajstić information content (AvgIpc) is 3.24. The SMILES string of the molecule is COc1c([C@H]2[C@H](C(=O)Nc3cc4nc(c3)C(=O)NCCCCCNCCC(=O)N4)O[C@@](C)(C(F)(F)F)[C@H]2C)ccc(F)c1F. The molecule has 2 bridgehead atoms. The first-order valence-electron chi connectivity index (χ1n) is 14.1. The molecular formula is C29H34F5N5O5. The number of aromatic nitrogens is 1. The van der Waals surface area contributed by atoms with E-state index in [1.807, 2.05) is 0 Å².